The molecular formula is C21H16Cl2N2O3S2. The van der Waals surface area contributed by atoms with Crippen molar-refractivity contribution < 1.29 is 14.3 Å². The van der Waals surface area contributed by atoms with Crippen molar-refractivity contribution in [2.45, 2.75) is 0 Å². The van der Waals surface area contributed by atoms with E-state index in [9.17, 15) is 9.59 Å². The quantitative estimate of drug-likeness (QED) is 0.328. The average molecular weight is 479 g/mol. The molecule has 0 radical (unpaired) electrons. The maximum absolute atomic E-state index is 12.4. The first-order chi connectivity index (χ1) is 14.4. The highest BCUT2D eigenvalue weighted by molar-refractivity contribution is 8.26. The van der Waals surface area contributed by atoms with Crippen molar-refractivity contribution in [1.82, 2.24) is 4.90 Å². The molecule has 1 N–H and O–H groups in total. The van der Waals surface area contributed by atoms with Crippen molar-refractivity contribution in [2.24, 2.45) is 0 Å². The summed E-state index contributed by atoms with van der Waals surface area (Å²) in [6.07, 6.45) is 3.40. The lowest BCUT2D eigenvalue weighted by atomic mass is 10.2. The molecule has 1 fully saturated rings. The molecule has 0 saturated carbocycles. The smallest absolute Gasteiger partial charge is 0.266 e. The molecule has 154 valence electrons. The fourth-order valence-corrected chi connectivity index (χ4v) is 4.16. The number of anilines is 1. The number of carbonyl (C=O) groups is 2. The summed E-state index contributed by atoms with van der Waals surface area (Å²) < 4.78 is 6.01. The van der Waals surface area contributed by atoms with Crippen molar-refractivity contribution in [3.8, 4) is 5.75 Å². The summed E-state index contributed by atoms with van der Waals surface area (Å²) in [5.74, 6) is 0.00871. The van der Waals surface area contributed by atoms with Gasteiger partial charge in [-0.15, -0.1) is 6.58 Å². The van der Waals surface area contributed by atoms with E-state index in [1.54, 1.807) is 54.6 Å². The largest absolute Gasteiger partial charge is 0.484 e. The van der Waals surface area contributed by atoms with E-state index in [4.69, 9.17) is 40.2 Å². The van der Waals surface area contributed by atoms with E-state index in [1.807, 2.05) is 0 Å². The molecule has 0 aromatic heterocycles. The Morgan fingerprint density at radius 3 is 2.67 bits per heavy atom. The van der Waals surface area contributed by atoms with Crippen LogP contribution in [0.25, 0.3) is 6.08 Å². The van der Waals surface area contributed by atoms with E-state index in [1.165, 1.54) is 16.7 Å². The number of carbonyl (C=O) groups excluding carboxylic acids is 2. The Morgan fingerprint density at radius 1 is 1.23 bits per heavy atom. The van der Waals surface area contributed by atoms with E-state index in [-0.39, 0.29) is 23.4 Å². The lowest BCUT2D eigenvalue weighted by Gasteiger charge is -2.10. The maximum atomic E-state index is 12.4. The summed E-state index contributed by atoms with van der Waals surface area (Å²) in [7, 11) is 0. The van der Waals surface area contributed by atoms with Crippen LogP contribution in [0.2, 0.25) is 10.0 Å². The van der Waals surface area contributed by atoms with Crippen molar-refractivity contribution in [2.75, 3.05) is 18.5 Å². The summed E-state index contributed by atoms with van der Waals surface area (Å²) in [5, 5.41) is 3.28. The third-order valence-electron chi connectivity index (χ3n) is 3.96. The second-order valence-corrected chi connectivity index (χ2v) is 8.55. The van der Waals surface area contributed by atoms with Crippen molar-refractivity contribution in [1.29, 1.82) is 0 Å². The van der Waals surface area contributed by atoms with Gasteiger partial charge in [-0.3, -0.25) is 14.5 Å². The molecule has 2 amide bonds. The fraction of sp³-hybridized carbons (Fsp3) is 0.0952. The van der Waals surface area contributed by atoms with Crippen LogP contribution in [0.15, 0.2) is 60.0 Å². The first kappa shape index (κ1) is 22.4. The van der Waals surface area contributed by atoms with E-state index >= 15 is 0 Å². The summed E-state index contributed by atoms with van der Waals surface area (Å²) in [6, 6.07) is 12.0. The molecule has 0 spiro atoms. The summed E-state index contributed by atoms with van der Waals surface area (Å²) in [6.45, 7) is 3.83. The number of hydrogen-bond donors (Lipinski definition) is 1. The number of halogens is 2. The van der Waals surface area contributed by atoms with Crippen LogP contribution in [0.1, 0.15) is 5.56 Å². The van der Waals surface area contributed by atoms with Crippen LogP contribution in [-0.4, -0.2) is 34.2 Å². The van der Waals surface area contributed by atoms with E-state index < -0.39 is 0 Å². The highest BCUT2D eigenvalue weighted by atomic mass is 35.5. The fourth-order valence-electron chi connectivity index (χ4n) is 2.53. The molecule has 3 rings (SSSR count). The van der Waals surface area contributed by atoms with Gasteiger partial charge >= 0.3 is 0 Å². The van der Waals surface area contributed by atoms with Gasteiger partial charge in [0.1, 0.15) is 10.1 Å². The van der Waals surface area contributed by atoms with Crippen LogP contribution >= 0.6 is 47.2 Å². The van der Waals surface area contributed by atoms with Gasteiger partial charge in [0.05, 0.1) is 20.6 Å². The highest BCUT2D eigenvalue weighted by Crippen LogP contribution is 2.32. The summed E-state index contributed by atoms with van der Waals surface area (Å²) >= 11 is 18.5. The minimum absolute atomic E-state index is 0.137. The molecular weight excluding hydrogens is 463 g/mol. The first-order valence-corrected chi connectivity index (χ1v) is 10.7. The van der Waals surface area contributed by atoms with Gasteiger partial charge in [-0.25, -0.2) is 0 Å². The lowest BCUT2D eigenvalue weighted by Crippen LogP contribution is -2.27. The van der Waals surface area contributed by atoms with Gasteiger partial charge in [0, 0.05) is 6.54 Å². The zero-order chi connectivity index (χ0) is 21.7. The summed E-state index contributed by atoms with van der Waals surface area (Å²) in [5.41, 5.74) is 1.23. The molecule has 30 heavy (non-hydrogen) atoms. The molecule has 0 bridgehead atoms. The number of rotatable bonds is 7. The van der Waals surface area contributed by atoms with E-state index in [0.717, 1.165) is 5.56 Å². The number of benzene rings is 2. The van der Waals surface area contributed by atoms with Gasteiger partial charge < -0.3 is 10.1 Å². The van der Waals surface area contributed by atoms with Crippen LogP contribution < -0.4 is 10.1 Å². The Morgan fingerprint density at radius 2 is 1.97 bits per heavy atom. The Balaban J connectivity index is 1.58. The minimum Gasteiger partial charge on any atom is -0.484 e. The summed E-state index contributed by atoms with van der Waals surface area (Å²) in [4.78, 5) is 26.5. The van der Waals surface area contributed by atoms with E-state index in [0.29, 0.717) is 32.2 Å². The van der Waals surface area contributed by atoms with Crippen LogP contribution in [-0.2, 0) is 9.59 Å². The number of hydrogen-bond acceptors (Lipinski definition) is 5. The molecule has 2 aromatic rings. The third kappa shape index (κ3) is 5.43. The second-order valence-electron chi connectivity index (χ2n) is 6.09. The van der Waals surface area contributed by atoms with Gasteiger partial charge in [-0.1, -0.05) is 71.5 Å². The minimum atomic E-state index is -0.367. The number of thioether (sulfide) groups is 1. The van der Waals surface area contributed by atoms with Gasteiger partial charge in [0.25, 0.3) is 11.8 Å². The molecule has 5 nitrogen and oxygen atoms in total. The number of nitrogens with zero attached hydrogens (tertiary/aromatic N) is 1. The van der Waals surface area contributed by atoms with Crippen molar-refractivity contribution >= 4 is 75.1 Å². The van der Waals surface area contributed by atoms with Gasteiger partial charge in [0.15, 0.2) is 6.61 Å². The number of thiocarbonyl (C=S) groups is 1. The Kier molecular flexibility index (Phi) is 7.55. The van der Waals surface area contributed by atoms with E-state index in [2.05, 4.69) is 11.9 Å². The van der Waals surface area contributed by atoms with Gasteiger partial charge in [-0.2, -0.15) is 0 Å². The molecule has 0 aliphatic carbocycles. The predicted molar refractivity (Wildman–Crippen MR) is 127 cm³/mol. The van der Waals surface area contributed by atoms with Gasteiger partial charge in [0.2, 0.25) is 0 Å². The monoisotopic (exact) mass is 478 g/mol. The molecule has 0 atom stereocenters. The lowest BCUT2D eigenvalue weighted by molar-refractivity contribution is -0.121. The maximum Gasteiger partial charge on any atom is 0.266 e. The third-order valence-corrected chi connectivity index (χ3v) is 6.16. The molecule has 1 aliphatic rings. The number of ether oxygens (including phenoxy) is 1. The molecule has 0 unspecified atom stereocenters. The Labute approximate surface area is 193 Å². The SMILES string of the molecule is C=CCN1C(=O)/C(=C/c2ccc(OCC(=O)Nc3cccc(Cl)c3Cl)cc2)SC1=S. The number of nitrogens with one attached hydrogen (secondary N) is 1. The van der Waals surface area contributed by atoms with Crippen molar-refractivity contribution in [3.05, 3.63) is 75.6 Å². The van der Waals surface area contributed by atoms with Crippen LogP contribution in [0.3, 0.4) is 0 Å². The van der Waals surface area contributed by atoms with Crippen LogP contribution in [0.4, 0.5) is 5.69 Å². The standard InChI is InChI=1S/C21H16Cl2N2O3S2/c1-2-10-25-20(27)17(30-21(25)29)11-13-6-8-14(9-7-13)28-12-18(26)24-16-5-3-4-15(22)19(16)23/h2-9,11H,1,10,12H2,(H,24,26)/b17-11-. The second kappa shape index (κ2) is 10.1. The van der Waals surface area contributed by atoms with Crippen LogP contribution in [0, 0.1) is 0 Å². The zero-order valence-corrected chi connectivity index (χ0v) is 18.7. The molecule has 1 saturated heterocycles. The highest BCUT2D eigenvalue weighted by Gasteiger charge is 2.30. The molecule has 2 aromatic carbocycles. The normalized spacial score (nSPS) is 14.9. The van der Waals surface area contributed by atoms with Crippen molar-refractivity contribution in [3.63, 3.8) is 0 Å². The zero-order valence-electron chi connectivity index (χ0n) is 15.6. The molecule has 1 heterocycles. The Hall–Kier alpha value is -2.32. The molecule has 1 aliphatic heterocycles. The van der Waals surface area contributed by atoms with Crippen LogP contribution in [0.5, 0.6) is 5.75 Å². The topological polar surface area (TPSA) is 58.6 Å². The predicted octanol–water partition coefficient (Wildman–Crippen LogP) is 5.40. The first-order valence-electron chi connectivity index (χ1n) is 8.72. The molecule has 9 heteroatoms. The average Bonchev–Trinajstić information content (AvgIpc) is 2.98. The number of amides is 2. The Bertz CT molecular complexity index is 1040. The van der Waals surface area contributed by atoms with Gasteiger partial charge in [-0.05, 0) is 35.9 Å².